The van der Waals surface area contributed by atoms with Gasteiger partial charge in [0.1, 0.15) is 0 Å². The maximum atomic E-state index is 13.1. The van der Waals surface area contributed by atoms with Gasteiger partial charge in [-0.05, 0) is 61.0 Å². The van der Waals surface area contributed by atoms with E-state index in [1.165, 1.54) is 35.1 Å². The Morgan fingerprint density at radius 3 is 2.09 bits per heavy atom. The molecule has 2 aromatic carbocycles. The molecule has 182 valence electrons. The minimum absolute atomic E-state index is 0. The molecule has 0 saturated heterocycles. The van der Waals surface area contributed by atoms with Crippen molar-refractivity contribution in [2.24, 2.45) is 0 Å². The molecule has 2 N–H and O–H groups in total. The maximum Gasteiger partial charge on any atom is 0.319 e. The largest absolute Gasteiger partial charge is 0.337 e. The summed E-state index contributed by atoms with van der Waals surface area (Å²) in [6.45, 7) is 10.3. The highest BCUT2D eigenvalue weighted by atomic mass is 35.5. The molecule has 2 aromatic rings. The molecule has 2 amide bonds. The van der Waals surface area contributed by atoms with E-state index >= 15 is 0 Å². The summed E-state index contributed by atoms with van der Waals surface area (Å²) < 4.78 is 0. The summed E-state index contributed by atoms with van der Waals surface area (Å²) in [6.07, 6.45) is 4.68. The fourth-order valence-electron chi connectivity index (χ4n) is 5.09. The Labute approximate surface area is 206 Å². The summed E-state index contributed by atoms with van der Waals surface area (Å²) in [6, 6.07) is 15.2. The van der Waals surface area contributed by atoms with E-state index in [-0.39, 0.29) is 23.9 Å². The second-order valence-electron chi connectivity index (χ2n) is 10.4. The molecule has 5 heteroatoms. The molecule has 1 saturated carbocycles. The molecular formula is C28H42ClN3O. The zero-order chi connectivity index (χ0) is 23.3. The minimum atomic E-state index is -0.101. The Morgan fingerprint density at radius 1 is 0.970 bits per heavy atom. The molecule has 33 heavy (non-hydrogen) atoms. The van der Waals surface area contributed by atoms with Gasteiger partial charge in [-0.2, -0.15) is 0 Å². The number of carbonyl (C=O) groups is 1. The van der Waals surface area contributed by atoms with Gasteiger partial charge in [-0.3, -0.25) is 0 Å². The minimum Gasteiger partial charge on any atom is -0.337 e. The molecule has 0 unspecified atom stereocenters. The van der Waals surface area contributed by atoms with Crippen molar-refractivity contribution in [3.05, 3.63) is 64.7 Å². The van der Waals surface area contributed by atoms with Crippen molar-refractivity contribution in [2.45, 2.75) is 77.2 Å². The number of benzene rings is 2. The third kappa shape index (κ3) is 6.74. The molecule has 0 atom stereocenters. The Balaban J connectivity index is 0.00000385. The lowest BCUT2D eigenvalue weighted by Gasteiger charge is -2.31. The summed E-state index contributed by atoms with van der Waals surface area (Å²) in [5.41, 5.74) is 6.08. The number of anilines is 1. The predicted molar refractivity (Wildman–Crippen MR) is 143 cm³/mol. The van der Waals surface area contributed by atoms with Gasteiger partial charge < -0.3 is 15.5 Å². The lowest BCUT2D eigenvalue weighted by molar-refractivity contribution is 0.248. The van der Waals surface area contributed by atoms with E-state index in [0.29, 0.717) is 18.4 Å². The fraction of sp³-hybridized carbons (Fsp3) is 0.536. The average Bonchev–Trinajstić information content (AvgIpc) is 3.22. The van der Waals surface area contributed by atoms with Gasteiger partial charge in [0.15, 0.2) is 0 Å². The smallest absolute Gasteiger partial charge is 0.319 e. The van der Waals surface area contributed by atoms with Crippen molar-refractivity contribution in [1.29, 1.82) is 0 Å². The van der Waals surface area contributed by atoms with E-state index in [9.17, 15) is 4.79 Å². The van der Waals surface area contributed by atoms with E-state index in [0.717, 1.165) is 25.1 Å². The molecule has 0 aromatic heterocycles. The Hall–Kier alpha value is -2.04. The number of nitrogens with zero attached hydrogens (tertiary/aromatic N) is 1. The Kier molecular flexibility index (Phi) is 9.81. The Bertz CT molecular complexity index is 891. The topological polar surface area (TPSA) is 44.4 Å². The normalized spacial score (nSPS) is 15.1. The molecule has 4 nitrogen and oxygen atoms in total. The molecule has 1 fully saturated rings. The first-order chi connectivity index (χ1) is 15.2. The second-order valence-corrected chi connectivity index (χ2v) is 10.4. The predicted octanol–water partition coefficient (Wildman–Crippen LogP) is 7.05. The van der Waals surface area contributed by atoms with Gasteiger partial charge >= 0.3 is 6.03 Å². The van der Waals surface area contributed by atoms with Gasteiger partial charge in [-0.1, -0.05) is 83.0 Å². The fourth-order valence-corrected chi connectivity index (χ4v) is 5.09. The zero-order valence-corrected chi connectivity index (χ0v) is 22.0. The van der Waals surface area contributed by atoms with Crippen LogP contribution >= 0.6 is 12.4 Å². The zero-order valence-electron chi connectivity index (χ0n) is 21.2. The second kappa shape index (κ2) is 11.9. The third-order valence-electron chi connectivity index (χ3n) is 6.80. The summed E-state index contributed by atoms with van der Waals surface area (Å²) >= 11 is 0. The number of nitrogens with one attached hydrogen (secondary N) is 2. The number of carbonyl (C=O) groups excluding carboxylic acids is 1. The Morgan fingerprint density at radius 2 is 1.55 bits per heavy atom. The van der Waals surface area contributed by atoms with E-state index < -0.39 is 0 Å². The van der Waals surface area contributed by atoms with Crippen LogP contribution in [-0.2, 0) is 12.0 Å². The van der Waals surface area contributed by atoms with Crippen molar-refractivity contribution in [3.63, 3.8) is 0 Å². The highest BCUT2D eigenvalue weighted by Gasteiger charge is 2.36. The van der Waals surface area contributed by atoms with Gasteiger partial charge in [-0.15, -0.1) is 12.4 Å². The van der Waals surface area contributed by atoms with Crippen molar-refractivity contribution < 1.29 is 4.79 Å². The first-order valence-corrected chi connectivity index (χ1v) is 12.1. The van der Waals surface area contributed by atoms with Crippen LogP contribution in [0.3, 0.4) is 0 Å². The number of hydrogen-bond donors (Lipinski definition) is 2. The van der Waals surface area contributed by atoms with Crippen LogP contribution in [0.15, 0.2) is 42.5 Å². The van der Waals surface area contributed by atoms with Crippen LogP contribution in [0.5, 0.6) is 0 Å². The monoisotopic (exact) mass is 471 g/mol. The van der Waals surface area contributed by atoms with E-state index in [2.05, 4.69) is 99.8 Å². The highest BCUT2D eigenvalue weighted by Crippen LogP contribution is 2.41. The van der Waals surface area contributed by atoms with Gasteiger partial charge in [0.05, 0.1) is 0 Å². The van der Waals surface area contributed by atoms with Gasteiger partial charge in [0, 0.05) is 24.2 Å². The molecule has 0 radical (unpaired) electrons. The molecular weight excluding hydrogens is 430 g/mol. The van der Waals surface area contributed by atoms with Crippen LogP contribution < -0.4 is 10.6 Å². The van der Waals surface area contributed by atoms with Gasteiger partial charge in [-0.25, -0.2) is 4.79 Å². The number of hydrogen-bond acceptors (Lipinski definition) is 2. The molecule has 0 bridgehead atoms. The first kappa shape index (κ1) is 27.2. The number of halogens is 1. The number of amides is 2. The average molecular weight is 472 g/mol. The van der Waals surface area contributed by atoms with Crippen molar-refractivity contribution in [2.75, 3.05) is 26.0 Å². The summed E-state index contributed by atoms with van der Waals surface area (Å²) in [5, 5.41) is 6.46. The van der Waals surface area contributed by atoms with Crippen LogP contribution in [0.25, 0.3) is 0 Å². The third-order valence-corrected chi connectivity index (χ3v) is 6.80. The quantitative estimate of drug-likeness (QED) is 0.433. The molecule has 1 aliphatic rings. The van der Waals surface area contributed by atoms with Crippen LogP contribution in [0, 0.1) is 0 Å². The molecule has 0 heterocycles. The number of para-hydroxylation sites is 1. The van der Waals surface area contributed by atoms with Gasteiger partial charge in [0.2, 0.25) is 0 Å². The SMILES string of the molecule is CC(C)c1cccc(C(C)C)c1NC(=O)NCC1(c2cccc(CN(C)C)c2)CCCC1.Cl. The first-order valence-electron chi connectivity index (χ1n) is 12.1. The molecule has 0 aliphatic heterocycles. The summed E-state index contributed by atoms with van der Waals surface area (Å²) in [4.78, 5) is 15.3. The van der Waals surface area contributed by atoms with E-state index in [4.69, 9.17) is 0 Å². The lowest BCUT2D eigenvalue weighted by atomic mass is 9.78. The lowest BCUT2D eigenvalue weighted by Crippen LogP contribution is -2.41. The molecule has 3 rings (SSSR count). The van der Waals surface area contributed by atoms with Crippen LogP contribution in [-0.4, -0.2) is 31.6 Å². The summed E-state index contributed by atoms with van der Waals surface area (Å²) in [5.74, 6) is 0.703. The standard InChI is InChI=1S/C28H41N3O.ClH/c1-20(2)24-13-10-14-25(21(3)4)26(24)30-27(32)29-19-28(15-7-8-16-28)23-12-9-11-22(17-23)18-31(5)6;/h9-14,17,20-21H,7-8,15-16,18-19H2,1-6H3,(H2,29,30,32);1H. The summed E-state index contributed by atoms with van der Waals surface area (Å²) in [7, 11) is 4.20. The highest BCUT2D eigenvalue weighted by molar-refractivity contribution is 5.91. The van der Waals surface area contributed by atoms with Crippen LogP contribution in [0.4, 0.5) is 10.5 Å². The van der Waals surface area contributed by atoms with Crippen LogP contribution in [0.1, 0.15) is 87.5 Å². The van der Waals surface area contributed by atoms with Crippen LogP contribution in [0.2, 0.25) is 0 Å². The van der Waals surface area contributed by atoms with E-state index in [1.807, 2.05) is 0 Å². The number of urea groups is 1. The van der Waals surface area contributed by atoms with E-state index in [1.54, 1.807) is 0 Å². The number of rotatable bonds is 8. The molecule has 0 spiro atoms. The maximum absolute atomic E-state index is 13.1. The molecule has 1 aliphatic carbocycles. The van der Waals surface area contributed by atoms with Crippen molar-refractivity contribution in [1.82, 2.24) is 10.2 Å². The van der Waals surface area contributed by atoms with Gasteiger partial charge in [0.25, 0.3) is 0 Å². The van der Waals surface area contributed by atoms with Crippen molar-refractivity contribution >= 4 is 24.1 Å². The van der Waals surface area contributed by atoms with Crippen molar-refractivity contribution in [3.8, 4) is 0 Å².